The molecule has 0 spiro atoms. The molecule has 0 radical (unpaired) electrons. The molecule has 1 amide bonds. The Morgan fingerprint density at radius 3 is 3.00 bits per heavy atom. The van der Waals surface area contributed by atoms with Crippen LogP contribution in [0, 0.1) is 11.8 Å². The topological polar surface area (TPSA) is 68.0 Å². The van der Waals surface area contributed by atoms with Crippen molar-refractivity contribution in [3.8, 4) is 0 Å². The number of pyridine rings is 1. The zero-order valence-corrected chi connectivity index (χ0v) is 11.5. The summed E-state index contributed by atoms with van der Waals surface area (Å²) >= 11 is 0. The fourth-order valence-electron chi connectivity index (χ4n) is 2.87. The van der Waals surface area contributed by atoms with E-state index in [4.69, 9.17) is 5.73 Å². The summed E-state index contributed by atoms with van der Waals surface area (Å²) in [6, 6.07) is 3.88. The van der Waals surface area contributed by atoms with E-state index < -0.39 is 0 Å². The van der Waals surface area contributed by atoms with Gasteiger partial charge in [-0.15, -0.1) is 0 Å². The van der Waals surface area contributed by atoms with Crippen molar-refractivity contribution in [3.63, 3.8) is 0 Å². The van der Waals surface area contributed by atoms with Crippen molar-refractivity contribution in [2.24, 2.45) is 17.6 Å². The van der Waals surface area contributed by atoms with E-state index >= 15 is 0 Å². The first-order valence-electron chi connectivity index (χ1n) is 7.12. The highest BCUT2D eigenvalue weighted by Crippen LogP contribution is 2.30. The van der Waals surface area contributed by atoms with Gasteiger partial charge in [-0.2, -0.15) is 0 Å². The Bertz CT molecular complexity index is 407. The normalized spacial score (nSPS) is 24.7. The molecule has 104 valence electrons. The molecule has 4 heteroatoms. The fourth-order valence-corrected chi connectivity index (χ4v) is 2.87. The predicted molar refractivity (Wildman–Crippen MR) is 75.3 cm³/mol. The van der Waals surface area contributed by atoms with Crippen molar-refractivity contribution in [2.75, 3.05) is 6.54 Å². The van der Waals surface area contributed by atoms with Gasteiger partial charge in [-0.3, -0.25) is 9.78 Å². The van der Waals surface area contributed by atoms with Gasteiger partial charge in [0.05, 0.1) is 6.04 Å². The molecule has 1 aliphatic carbocycles. The van der Waals surface area contributed by atoms with E-state index in [1.807, 2.05) is 19.1 Å². The van der Waals surface area contributed by atoms with Gasteiger partial charge in [-0.05, 0) is 43.9 Å². The molecule has 1 aliphatic rings. The summed E-state index contributed by atoms with van der Waals surface area (Å²) in [5, 5.41) is 3.10. The molecule has 0 aliphatic heterocycles. The summed E-state index contributed by atoms with van der Waals surface area (Å²) in [7, 11) is 0. The Balaban J connectivity index is 1.96. The average Bonchev–Trinajstić information content (AvgIpc) is 2.48. The maximum absolute atomic E-state index is 12.4. The van der Waals surface area contributed by atoms with E-state index in [2.05, 4.69) is 10.3 Å². The van der Waals surface area contributed by atoms with Crippen molar-refractivity contribution in [1.29, 1.82) is 0 Å². The number of aromatic nitrogens is 1. The summed E-state index contributed by atoms with van der Waals surface area (Å²) in [5.41, 5.74) is 6.82. The van der Waals surface area contributed by atoms with Crippen molar-refractivity contribution in [2.45, 2.75) is 38.6 Å². The highest BCUT2D eigenvalue weighted by molar-refractivity contribution is 5.79. The second kappa shape index (κ2) is 6.66. The van der Waals surface area contributed by atoms with E-state index in [9.17, 15) is 4.79 Å². The van der Waals surface area contributed by atoms with Crippen molar-refractivity contribution < 1.29 is 4.79 Å². The minimum Gasteiger partial charge on any atom is -0.349 e. The van der Waals surface area contributed by atoms with Crippen LogP contribution in [-0.2, 0) is 4.79 Å². The molecule has 0 bridgehead atoms. The largest absolute Gasteiger partial charge is 0.349 e. The van der Waals surface area contributed by atoms with Crippen LogP contribution >= 0.6 is 0 Å². The van der Waals surface area contributed by atoms with Crippen LogP contribution < -0.4 is 11.1 Å². The molecule has 1 aromatic heterocycles. The zero-order chi connectivity index (χ0) is 13.7. The number of hydrogen-bond donors (Lipinski definition) is 2. The Kier molecular flexibility index (Phi) is 4.91. The number of hydrogen-bond acceptors (Lipinski definition) is 3. The molecular weight excluding hydrogens is 238 g/mol. The lowest BCUT2D eigenvalue weighted by molar-refractivity contribution is -0.128. The van der Waals surface area contributed by atoms with E-state index in [1.54, 1.807) is 12.4 Å². The fraction of sp³-hybridized carbons (Fsp3) is 0.600. The van der Waals surface area contributed by atoms with Gasteiger partial charge in [0.15, 0.2) is 0 Å². The van der Waals surface area contributed by atoms with Crippen molar-refractivity contribution in [3.05, 3.63) is 30.1 Å². The van der Waals surface area contributed by atoms with Crippen molar-refractivity contribution in [1.82, 2.24) is 10.3 Å². The Morgan fingerprint density at radius 1 is 1.53 bits per heavy atom. The summed E-state index contributed by atoms with van der Waals surface area (Å²) in [5.74, 6) is 0.569. The number of rotatable bonds is 4. The SMILES string of the molecule is C[C@H](NC(=O)C1CCCCC1CN)c1cccnc1. The van der Waals surface area contributed by atoms with Gasteiger partial charge < -0.3 is 11.1 Å². The van der Waals surface area contributed by atoms with Crippen LogP contribution in [0.2, 0.25) is 0 Å². The highest BCUT2D eigenvalue weighted by Gasteiger charge is 2.30. The molecule has 1 fully saturated rings. The lowest BCUT2D eigenvalue weighted by Crippen LogP contribution is -2.40. The number of carbonyl (C=O) groups excluding carboxylic acids is 1. The Morgan fingerprint density at radius 2 is 2.32 bits per heavy atom. The minimum atomic E-state index is 0.00144. The summed E-state index contributed by atoms with van der Waals surface area (Å²) < 4.78 is 0. The Labute approximate surface area is 114 Å². The number of nitrogens with two attached hydrogens (primary N) is 1. The minimum absolute atomic E-state index is 0.00144. The second-order valence-corrected chi connectivity index (χ2v) is 5.40. The molecule has 1 heterocycles. The van der Waals surface area contributed by atoms with Gasteiger partial charge in [0, 0.05) is 18.3 Å². The van der Waals surface area contributed by atoms with Crippen LogP contribution in [0.4, 0.5) is 0 Å². The van der Waals surface area contributed by atoms with Crippen LogP contribution in [-0.4, -0.2) is 17.4 Å². The number of carbonyl (C=O) groups is 1. The van der Waals surface area contributed by atoms with E-state index in [1.165, 1.54) is 6.42 Å². The van der Waals surface area contributed by atoms with Gasteiger partial charge >= 0.3 is 0 Å². The molecule has 19 heavy (non-hydrogen) atoms. The molecule has 0 saturated heterocycles. The first-order valence-corrected chi connectivity index (χ1v) is 7.12. The molecule has 0 aromatic carbocycles. The molecule has 2 unspecified atom stereocenters. The molecule has 2 rings (SSSR count). The van der Waals surface area contributed by atoms with Crippen LogP contribution in [0.5, 0.6) is 0 Å². The maximum atomic E-state index is 12.4. The smallest absolute Gasteiger partial charge is 0.223 e. The Hall–Kier alpha value is -1.42. The predicted octanol–water partition coefficient (Wildman–Crippen LogP) is 2.02. The molecule has 1 aromatic rings. The highest BCUT2D eigenvalue weighted by atomic mass is 16.1. The lowest BCUT2D eigenvalue weighted by atomic mass is 9.78. The molecule has 1 saturated carbocycles. The van der Waals surface area contributed by atoms with Crippen molar-refractivity contribution >= 4 is 5.91 Å². The molecule has 3 N–H and O–H groups in total. The van der Waals surface area contributed by atoms with Gasteiger partial charge in [-0.25, -0.2) is 0 Å². The van der Waals surface area contributed by atoms with E-state index in [-0.39, 0.29) is 17.9 Å². The van der Waals surface area contributed by atoms with Gasteiger partial charge in [0.1, 0.15) is 0 Å². The maximum Gasteiger partial charge on any atom is 0.223 e. The monoisotopic (exact) mass is 261 g/mol. The zero-order valence-electron chi connectivity index (χ0n) is 11.5. The van der Waals surface area contributed by atoms with Gasteiger partial charge in [0.2, 0.25) is 5.91 Å². The second-order valence-electron chi connectivity index (χ2n) is 5.40. The van der Waals surface area contributed by atoms with Crippen LogP contribution in [0.25, 0.3) is 0 Å². The van der Waals surface area contributed by atoms with E-state index in [0.29, 0.717) is 12.5 Å². The lowest BCUT2D eigenvalue weighted by Gasteiger charge is -2.30. The summed E-state index contributed by atoms with van der Waals surface area (Å²) in [4.78, 5) is 16.4. The van der Waals surface area contributed by atoms with Gasteiger partial charge in [-0.1, -0.05) is 18.9 Å². The van der Waals surface area contributed by atoms with Crippen LogP contribution in [0.15, 0.2) is 24.5 Å². The third-order valence-corrected chi connectivity index (χ3v) is 4.09. The average molecular weight is 261 g/mol. The third-order valence-electron chi connectivity index (χ3n) is 4.09. The molecular formula is C15H23N3O. The van der Waals surface area contributed by atoms with Crippen LogP contribution in [0.3, 0.4) is 0 Å². The third kappa shape index (κ3) is 3.53. The first-order chi connectivity index (χ1) is 9.22. The van der Waals surface area contributed by atoms with Gasteiger partial charge in [0.25, 0.3) is 0 Å². The number of nitrogens with zero attached hydrogens (tertiary/aromatic N) is 1. The van der Waals surface area contributed by atoms with E-state index in [0.717, 1.165) is 24.8 Å². The summed E-state index contributed by atoms with van der Waals surface area (Å²) in [6.45, 7) is 2.61. The number of amides is 1. The molecule has 4 nitrogen and oxygen atoms in total. The van der Waals surface area contributed by atoms with Crippen LogP contribution in [0.1, 0.15) is 44.2 Å². The molecule has 3 atom stereocenters. The summed E-state index contributed by atoms with van der Waals surface area (Å²) in [6.07, 6.45) is 7.92. The standard InChI is InChI=1S/C15H23N3O/c1-11(13-6-4-8-17-10-13)18-15(19)14-7-3-2-5-12(14)9-16/h4,6,8,10-12,14H,2-3,5,7,9,16H2,1H3,(H,18,19)/t11-,12?,14?/m0/s1. The number of nitrogens with one attached hydrogen (secondary N) is 1. The quantitative estimate of drug-likeness (QED) is 0.871. The first kappa shape index (κ1) is 14.0.